The summed E-state index contributed by atoms with van der Waals surface area (Å²) in [5.74, 6) is 0.0791. The van der Waals surface area contributed by atoms with Crippen molar-refractivity contribution in [3.05, 3.63) is 17.5 Å². The Balaban J connectivity index is 0.000000686. The van der Waals surface area contributed by atoms with Crippen LogP contribution in [-0.4, -0.2) is 46.6 Å². The molecule has 0 radical (unpaired) electrons. The molecule has 1 aliphatic heterocycles. The third-order valence-corrected chi connectivity index (χ3v) is 2.68. The first-order chi connectivity index (χ1) is 8.08. The predicted molar refractivity (Wildman–Crippen MR) is 67.4 cm³/mol. The van der Waals surface area contributed by atoms with E-state index in [0.29, 0.717) is 6.54 Å². The second-order valence-corrected chi connectivity index (χ2v) is 4.23. The summed E-state index contributed by atoms with van der Waals surface area (Å²) in [7, 11) is 5.59. The number of amides is 1. The maximum atomic E-state index is 11.5. The van der Waals surface area contributed by atoms with Crippen molar-refractivity contribution in [2.24, 2.45) is 0 Å². The Morgan fingerprint density at radius 2 is 2.06 bits per heavy atom. The molecule has 5 heteroatoms. The number of likely N-dealkylation sites (N-methyl/N-ethyl adjacent to an activating group) is 1. The summed E-state index contributed by atoms with van der Waals surface area (Å²) in [6.45, 7) is 6.16. The number of nitrogens with zero attached hydrogens (tertiary/aromatic N) is 4. The molecule has 0 saturated carbocycles. The van der Waals surface area contributed by atoms with Gasteiger partial charge < -0.3 is 4.90 Å². The second-order valence-electron chi connectivity index (χ2n) is 4.23. The van der Waals surface area contributed by atoms with Gasteiger partial charge in [0.05, 0.1) is 11.9 Å². The van der Waals surface area contributed by atoms with Crippen molar-refractivity contribution < 1.29 is 4.79 Å². The minimum absolute atomic E-state index is 0.0791. The highest BCUT2D eigenvalue weighted by molar-refractivity contribution is 5.75. The van der Waals surface area contributed by atoms with Crippen molar-refractivity contribution in [1.29, 1.82) is 0 Å². The van der Waals surface area contributed by atoms with Crippen LogP contribution < -0.4 is 0 Å². The molecule has 0 aromatic carbocycles. The number of carbonyl (C=O) groups excluding carboxylic acids is 1. The van der Waals surface area contributed by atoms with Crippen LogP contribution in [0.3, 0.4) is 0 Å². The first kappa shape index (κ1) is 13.7. The van der Waals surface area contributed by atoms with Crippen LogP contribution in [0, 0.1) is 0 Å². The summed E-state index contributed by atoms with van der Waals surface area (Å²) in [5.41, 5.74) is 2.41. The van der Waals surface area contributed by atoms with Crippen LogP contribution in [0.15, 0.2) is 6.20 Å². The highest BCUT2D eigenvalue weighted by Crippen LogP contribution is 2.20. The standard InChI is InChI=1S/C10H16N4O.C2H6/c1-12(2)10(15)7-14-9-6-13(3)5-8(9)4-11-14;1-2/h4H,5-7H2,1-3H3;1-2H3. The van der Waals surface area contributed by atoms with Crippen LogP contribution in [0.25, 0.3) is 0 Å². The van der Waals surface area contributed by atoms with Gasteiger partial charge in [0.25, 0.3) is 0 Å². The summed E-state index contributed by atoms with van der Waals surface area (Å²) in [4.78, 5) is 15.3. The molecule has 1 aliphatic rings. The maximum absolute atomic E-state index is 11.5. The van der Waals surface area contributed by atoms with E-state index in [1.807, 2.05) is 20.0 Å². The quantitative estimate of drug-likeness (QED) is 0.770. The van der Waals surface area contributed by atoms with Crippen LogP contribution in [0.4, 0.5) is 0 Å². The van der Waals surface area contributed by atoms with E-state index in [9.17, 15) is 4.79 Å². The highest BCUT2D eigenvalue weighted by atomic mass is 16.2. The molecule has 2 heterocycles. The number of fused-ring (bicyclic) bond motifs is 1. The van der Waals surface area contributed by atoms with E-state index in [0.717, 1.165) is 13.1 Å². The Kier molecular flexibility index (Phi) is 4.69. The van der Waals surface area contributed by atoms with Gasteiger partial charge >= 0.3 is 0 Å². The Hall–Kier alpha value is -1.36. The van der Waals surface area contributed by atoms with Gasteiger partial charge in [0.15, 0.2) is 0 Å². The van der Waals surface area contributed by atoms with E-state index >= 15 is 0 Å². The molecule has 2 rings (SSSR count). The van der Waals surface area contributed by atoms with Crippen molar-refractivity contribution in [2.75, 3.05) is 21.1 Å². The summed E-state index contributed by atoms with van der Waals surface area (Å²) in [6.07, 6.45) is 1.86. The van der Waals surface area contributed by atoms with Gasteiger partial charge in [0.1, 0.15) is 6.54 Å². The van der Waals surface area contributed by atoms with Gasteiger partial charge in [0.2, 0.25) is 5.91 Å². The first-order valence-corrected chi connectivity index (χ1v) is 6.00. The normalized spacial score (nSPS) is 13.9. The molecule has 17 heavy (non-hydrogen) atoms. The van der Waals surface area contributed by atoms with Crippen LogP contribution in [-0.2, 0) is 24.4 Å². The molecule has 0 saturated heterocycles. The molecule has 96 valence electrons. The predicted octanol–water partition coefficient (Wildman–Crippen LogP) is 0.943. The summed E-state index contributed by atoms with van der Waals surface area (Å²) in [5, 5.41) is 4.24. The lowest BCUT2D eigenvalue weighted by atomic mass is 10.3. The summed E-state index contributed by atoms with van der Waals surface area (Å²) < 4.78 is 1.81. The molecule has 0 N–H and O–H groups in total. The van der Waals surface area contributed by atoms with Crippen molar-refractivity contribution in [1.82, 2.24) is 19.6 Å². The largest absolute Gasteiger partial charge is 0.347 e. The number of hydrogen-bond acceptors (Lipinski definition) is 3. The highest BCUT2D eigenvalue weighted by Gasteiger charge is 2.21. The minimum Gasteiger partial charge on any atom is -0.347 e. The third-order valence-electron chi connectivity index (χ3n) is 2.68. The smallest absolute Gasteiger partial charge is 0.243 e. The molecule has 0 bridgehead atoms. The van der Waals surface area contributed by atoms with Gasteiger partial charge in [-0.1, -0.05) is 13.8 Å². The van der Waals surface area contributed by atoms with E-state index in [1.165, 1.54) is 11.3 Å². The number of carbonyl (C=O) groups is 1. The van der Waals surface area contributed by atoms with Gasteiger partial charge in [-0.15, -0.1) is 0 Å². The number of aromatic nitrogens is 2. The average molecular weight is 238 g/mol. The minimum atomic E-state index is 0.0791. The SMILES string of the molecule is CC.CN1Cc2cnn(CC(=O)N(C)C)c2C1. The molecule has 5 nitrogen and oxygen atoms in total. The van der Waals surface area contributed by atoms with Crippen molar-refractivity contribution in [3.63, 3.8) is 0 Å². The van der Waals surface area contributed by atoms with Crippen LogP contribution in [0.5, 0.6) is 0 Å². The average Bonchev–Trinajstić information content (AvgIpc) is 2.82. The van der Waals surface area contributed by atoms with Crippen molar-refractivity contribution >= 4 is 5.91 Å². The number of hydrogen-bond donors (Lipinski definition) is 0. The van der Waals surface area contributed by atoms with E-state index in [1.54, 1.807) is 23.7 Å². The fourth-order valence-corrected chi connectivity index (χ4v) is 1.77. The zero-order chi connectivity index (χ0) is 13.0. The first-order valence-electron chi connectivity index (χ1n) is 6.00. The fourth-order valence-electron chi connectivity index (χ4n) is 1.77. The van der Waals surface area contributed by atoms with E-state index in [4.69, 9.17) is 0 Å². The lowest BCUT2D eigenvalue weighted by Gasteiger charge is -2.12. The molecule has 0 aliphatic carbocycles. The van der Waals surface area contributed by atoms with Crippen LogP contribution in [0.1, 0.15) is 25.1 Å². The monoisotopic (exact) mass is 238 g/mol. The number of rotatable bonds is 2. The Bertz CT molecular complexity index is 384. The zero-order valence-corrected chi connectivity index (χ0v) is 11.4. The molecule has 1 aromatic rings. The van der Waals surface area contributed by atoms with Gasteiger partial charge in [0, 0.05) is 32.7 Å². The van der Waals surface area contributed by atoms with Gasteiger partial charge in [-0.05, 0) is 7.05 Å². The third kappa shape index (κ3) is 3.06. The second kappa shape index (κ2) is 5.82. The Labute approximate surface area is 103 Å². The summed E-state index contributed by atoms with van der Waals surface area (Å²) in [6, 6.07) is 0. The summed E-state index contributed by atoms with van der Waals surface area (Å²) >= 11 is 0. The van der Waals surface area contributed by atoms with Crippen molar-refractivity contribution in [3.8, 4) is 0 Å². The van der Waals surface area contributed by atoms with Gasteiger partial charge in [-0.25, -0.2) is 0 Å². The lowest BCUT2D eigenvalue weighted by Crippen LogP contribution is -2.27. The van der Waals surface area contributed by atoms with Gasteiger partial charge in [-0.3, -0.25) is 14.4 Å². The molecule has 0 spiro atoms. The van der Waals surface area contributed by atoms with Crippen LogP contribution in [0.2, 0.25) is 0 Å². The molecule has 0 unspecified atom stereocenters. The maximum Gasteiger partial charge on any atom is 0.243 e. The Morgan fingerprint density at radius 1 is 1.41 bits per heavy atom. The van der Waals surface area contributed by atoms with Crippen LogP contribution >= 0.6 is 0 Å². The molecule has 1 aromatic heterocycles. The van der Waals surface area contributed by atoms with E-state index < -0.39 is 0 Å². The fraction of sp³-hybridized carbons (Fsp3) is 0.667. The zero-order valence-electron chi connectivity index (χ0n) is 11.4. The lowest BCUT2D eigenvalue weighted by molar-refractivity contribution is -0.129. The van der Waals surface area contributed by atoms with Crippen molar-refractivity contribution in [2.45, 2.75) is 33.5 Å². The van der Waals surface area contributed by atoms with Gasteiger partial charge in [-0.2, -0.15) is 5.10 Å². The molecule has 0 atom stereocenters. The molecular weight excluding hydrogens is 216 g/mol. The van der Waals surface area contributed by atoms with E-state index in [2.05, 4.69) is 17.0 Å². The molecular formula is C12H22N4O. The molecule has 1 amide bonds. The Morgan fingerprint density at radius 3 is 2.65 bits per heavy atom. The van der Waals surface area contributed by atoms with E-state index in [-0.39, 0.29) is 5.91 Å². The topological polar surface area (TPSA) is 41.4 Å². The molecule has 0 fully saturated rings.